The zero-order valence-electron chi connectivity index (χ0n) is 10.9. The molecule has 1 saturated heterocycles. The lowest BCUT2D eigenvalue weighted by Gasteiger charge is -2.22. The molecule has 1 aliphatic rings. The van der Waals surface area contributed by atoms with Gasteiger partial charge in [-0.25, -0.2) is 0 Å². The predicted molar refractivity (Wildman–Crippen MR) is 67.9 cm³/mol. The standard InChI is InChI=1S/C13H23N3O/c1-11(2)7-14-8-12-9-15-16(10-12)13-3-5-17-6-4-13/h9-11,13-14H,3-8H2,1-2H3. The Morgan fingerprint density at radius 1 is 1.47 bits per heavy atom. The largest absolute Gasteiger partial charge is 0.381 e. The van der Waals surface area contributed by atoms with E-state index in [1.54, 1.807) is 0 Å². The molecule has 96 valence electrons. The molecule has 1 aromatic rings. The summed E-state index contributed by atoms with van der Waals surface area (Å²) in [5.41, 5.74) is 1.28. The van der Waals surface area contributed by atoms with Crippen LogP contribution in [0.25, 0.3) is 0 Å². The Morgan fingerprint density at radius 3 is 2.94 bits per heavy atom. The molecule has 0 unspecified atom stereocenters. The Labute approximate surface area is 103 Å². The molecule has 0 aromatic carbocycles. The number of nitrogens with one attached hydrogen (secondary N) is 1. The summed E-state index contributed by atoms with van der Waals surface area (Å²) in [4.78, 5) is 0. The zero-order valence-corrected chi connectivity index (χ0v) is 10.9. The minimum absolute atomic E-state index is 0.530. The van der Waals surface area contributed by atoms with Gasteiger partial charge in [-0.15, -0.1) is 0 Å². The van der Waals surface area contributed by atoms with Crippen LogP contribution in [0, 0.1) is 5.92 Å². The predicted octanol–water partition coefficient (Wildman–Crippen LogP) is 1.98. The lowest BCUT2D eigenvalue weighted by molar-refractivity contribution is 0.0662. The lowest BCUT2D eigenvalue weighted by atomic mass is 10.1. The molecule has 1 aliphatic heterocycles. The monoisotopic (exact) mass is 237 g/mol. The van der Waals surface area contributed by atoms with Crippen LogP contribution in [0.15, 0.2) is 12.4 Å². The van der Waals surface area contributed by atoms with E-state index in [0.29, 0.717) is 12.0 Å². The molecule has 1 N–H and O–H groups in total. The van der Waals surface area contributed by atoms with Crippen molar-refractivity contribution in [2.24, 2.45) is 5.92 Å². The summed E-state index contributed by atoms with van der Waals surface area (Å²) < 4.78 is 7.47. The topological polar surface area (TPSA) is 39.1 Å². The highest BCUT2D eigenvalue weighted by Crippen LogP contribution is 2.20. The molecule has 0 saturated carbocycles. The van der Waals surface area contributed by atoms with Crippen molar-refractivity contribution < 1.29 is 4.74 Å². The molecule has 0 atom stereocenters. The van der Waals surface area contributed by atoms with E-state index in [1.165, 1.54) is 5.56 Å². The van der Waals surface area contributed by atoms with Crippen molar-refractivity contribution >= 4 is 0 Å². The van der Waals surface area contributed by atoms with Gasteiger partial charge in [0.05, 0.1) is 12.2 Å². The number of rotatable bonds is 5. The summed E-state index contributed by atoms with van der Waals surface area (Å²) in [6.45, 7) is 8.15. The number of aromatic nitrogens is 2. The molecule has 0 spiro atoms. The summed E-state index contributed by atoms with van der Waals surface area (Å²) in [6.07, 6.45) is 6.31. The van der Waals surface area contributed by atoms with Gasteiger partial charge in [0.25, 0.3) is 0 Å². The Balaban J connectivity index is 1.82. The van der Waals surface area contributed by atoms with Gasteiger partial charge in [-0.3, -0.25) is 4.68 Å². The smallest absolute Gasteiger partial charge is 0.0563 e. The normalized spacial score (nSPS) is 17.8. The van der Waals surface area contributed by atoms with E-state index in [4.69, 9.17) is 4.74 Å². The van der Waals surface area contributed by atoms with Gasteiger partial charge in [0, 0.05) is 31.5 Å². The Morgan fingerprint density at radius 2 is 2.24 bits per heavy atom. The van der Waals surface area contributed by atoms with Crippen LogP contribution in [0.5, 0.6) is 0 Å². The van der Waals surface area contributed by atoms with Gasteiger partial charge in [0.1, 0.15) is 0 Å². The fourth-order valence-corrected chi connectivity index (χ4v) is 2.12. The summed E-state index contributed by atoms with van der Waals surface area (Å²) in [5, 5.41) is 7.90. The van der Waals surface area contributed by atoms with Crippen molar-refractivity contribution in [1.82, 2.24) is 15.1 Å². The van der Waals surface area contributed by atoms with Gasteiger partial charge in [-0.2, -0.15) is 5.10 Å². The van der Waals surface area contributed by atoms with Gasteiger partial charge >= 0.3 is 0 Å². The number of nitrogens with zero attached hydrogens (tertiary/aromatic N) is 2. The third-order valence-corrected chi connectivity index (χ3v) is 3.10. The van der Waals surface area contributed by atoms with E-state index in [1.807, 2.05) is 6.20 Å². The summed E-state index contributed by atoms with van der Waals surface area (Å²) in [6, 6.07) is 0.530. The van der Waals surface area contributed by atoms with Crippen molar-refractivity contribution in [2.45, 2.75) is 39.3 Å². The number of hydrogen-bond acceptors (Lipinski definition) is 3. The third-order valence-electron chi connectivity index (χ3n) is 3.10. The molecule has 1 aromatic heterocycles. The lowest BCUT2D eigenvalue weighted by Crippen LogP contribution is -2.20. The van der Waals surface area contributed by atoms with E-state index < -0.39 is 0 Å². The van der Waals surface area contributed by atoms with Crippen molar-refractivity contribution in [2.75, 3.05) is 19.8 Å². The molecule has 2 rings (SSSR count). The second kappa shape index (κ2) is 6.17. The van der Waals surface area contributed by atoms with E-state index >= 15 is 0 Å². The first-order chi connectivity index (χ1) is 8.25. The quantitative estimate of drug-likeness (QED) is 0.851. The maximum absolute atomic E-state index is 5.37. The molecular formula is C13H23N3O. The molecule has 0 aliphatic carbocycles. The van der Waals surface area contributed by atoms with Crippen LogP contribution >= 0.6 is 0 Å². The second-order valence-electron chi connectivity index (χ2n) is 5.20. The minimum Gasteiger partial charge on any atom is -0.381 e. The maximum atomic E-state index is 5.37. The highest BCUT2D eigenvalue weighted by Gasteiger charge is 2.16. The summed E-state index contributed by atoms with van der Waals surface area (Å²) >= 11 is 0. The highest BCUT2D eigenvalue weighted by molar-refractivity contribution is 5.04. The van der Waals surface area contributed by atoms with Crippen LogP contribution in [-0.4, -0.2) is 29.5 Å². The van der Waals surface area contributed by atoms with Gasteiger partial charge in [0.15, 0.2) is 0 Å². The molecule has 2 heterocycles. The second-order valence-corrected chi connectivity index (χ2v) is 5.20. The molecule has 17 heavy (non-hydrogen) atoms. The van der Waals surface area contributed by atoms with E-state index in [2.05, 4.69) is 35.1 Å². The molecular weight excluding hydrogens is 214 g/mol. The fraction of sp³-hybridized carbons (Fsp3) is 0.769. The Bertz CT molecular complexity index is 329. The van der Waals surface area contributed by atoms with Gasteiger partial charge < -0.3 is 10.1 Å². The first kappa shape index (κ1) is 12.6. The highest BCUT2D eigenvalue weighted by atomic mass is 16.5. The van der Waals surface area contributed by atoms with Crippen LogP contribution in [0.4, 0.5) is 0 Å². The molecule has 0 amide bonds. The minimum atomic E-state index is 0.530. The van der Waals surface area contributed by atoms with Crippen molar-refractivity contribution in [3.63, 3.8) is 0 Å². The van der Waals surface area contributed by atoms with Crippen molar-refractivity contribution in [1.29, 1.82) is 0 Å². The fourth-order valence-electron chi connectivity index (χ4n) is 2.12. The van der Waals surface area contributed by atoms with Gasteiger partial charge in [-0.05, 0) is 25.3 Å². The average molecular weight is 237 g/mol. The molecule has 4 nitrogen and oxygen atoms in total. The first-order valence-electron chi connectivity index (χ1n) is 6.57. The summed E-state index contributed by atoms with van der Waals surface area (Å²) in [7, 11) is 0. The maximum Gasteiger partial charge on any atom is 0.0563 e. The van der Waals surface area contributed by atoms with Crippen molar-refractivity contribution in [3.8, 4) is 0 Å². The van der Waals surface area contributed by atoms with Crippen molar-refractivity contribution in [3.05, 3.63) is 18.0 Å². The first-order valence-corrected chi connectivity index (χ1v) is 6.57. The average Bonchev–Trinajstić information content (AvgIpc) is 2.78. The molecule has 4 heteroatoms. The SMILES string of the molecule is CC(C)CNCc1cnn(C2CCOCC2)c1. The molecule has 0 bridgehead atoms. The third kappa shape index (κ3) is 3.82. The van der Waals surface area contributed by atoms with Crippen LogP contribution in [-0.2, 0) is 11.3 Å². The van der Waals surface area contributed by atoms with E-state index in [9.17, 15) is 0 Å². The van der Waals surface area contributed by atoms with Crippen LogP contribution in [0.1, 0.15) is 38.3 Å². The van der Waals surface area contributed by atoms with Crippen LogP contribution in [0.3, 0.4) is 0 Å². The van der Waals surface area contributed by atoms with Crippen LogP contribution < -0.4 is 5.32 Å². The number of ether oxygens (including phenoxy) is 1. The van der Waals surface area contributed by atoms with E-state index in [0.717, 1.165) is 39.1 Å². The number of hydrogen-bond donors (Lipinski definition) is 1. The molecule has 1 fully saturated rings. The molecule has 0 radical (unpaired) electrons. The van der Waals surface area contributed by atoms with Gasteiger partial charge in [0.2, 0.25) is 0 Å². The van der Waals surface area contributed by atoms with E-state index in [-0.39, 0.29) is 0 Å². The Kier molecular flexibility index (Phi) is 4.57. The zero-order chi connectivity index (χ0) is 12.1. The Hall–Kier alpha value is -0.870. The summed E-state index contributed by atoms with van der Waals surface area (Å²) in [5.74, 6) is 0.695. The van der Waals surface area contributed by atoms with Crippen LogP contribution in [0.2, 0.25) is 0 Å². The van der Waals surface area contributed by atoms with Gasteiger partial charge in [-0.1, -0.05) is 13.8 Å².